The number of nitrogens with zero attached hydrogens (tertiary/aromatic N) is 2. The maximum Gasteiger partial charge on any atom is 0.167 e. The van der Waals surface area contributed by atoms with Crippen LogP contribution in [0.3, 0.4) is 0 Å². The minimum atomic E-state index is -0.558. The molecule has 0 aromatic heterocycles. The fourth-order valence-electron chi connectivity index (χ4n) is 3.99. The molecule has 1 heterocycles. The number of hydrogen-bond acceptors (Lipinski definition) is 5. The SMILES string of the molecule is O=C(Cc1ccccc1)c1ccc(OC[C@@H](O)CN2CCN(c3ccccc3)CC2)cc1. The molecule has 1 aliphatic heterocycles. The Morgan fingerprint density at radius 3 is 2.12 bits per heavy atom. The number of carbonyl (C=O) groups excluding carboxylic acids is 1. The third kappa shape index (κ3) is 6.19. The van der Waals surface area contributed by atoms with E-state index in [9.17, 15) is 9.90 Å². The molecule has 1 fully saturated rings. The van der Waals surface area contributed by atoms with Crippen LogP contribution in [-0.4, -0.2) is 61.2 Å². The number of rotatable bonds is 9. The Morgan fingerprint density at radius 1 is 0.844 bits per heavy atom. The number of Topliss-reactive ketones (excluding diaryl/α,β-unsaturated/α-hetero) is 1. The molecular formula is C27H30N2O3. The third-order valence-corrected chi connectivity index (χ3v) is 5.79. The van der Waals surface area contributed by atoms with Crippen molar-refractivity contribution in [3.63, 3.8) is 0 Å². The van der Waals surface area contributed by atoms with Gasteiger partial charge in [-0.05, 0) is 42.0 Å². The summed E-state index contributed by atoms with van der Waals surface area (Å²) in [6, 6.07) is 27.3. The van der Waals surface area contributed by atoms with Gasteiger partial charge in [0.2, 0.25) is 0 Å². The maximum absolute atomic E-state index is 12.4. The van der Waals surface area contributed by atoms with Gasteiger partial charge < -0.3 is 14.7 Å². The lowest BCUT2D eigenvalue weighted by molar-refractivity contribution is 0.0663. The molecule has 0 aliphatic carbocycles. The van der Waals surface area contributed by atoms with Gasteiger partial charge >= 0.3 is 0 Å². The molecule has 1 aliphatic rings. The van der Waals surface area contributed by atoms with E-state index in [4.69, 9.17) is 4.74 Å². The van der Waals surface area contributed by atoms with E-state index in [-0.39, 0.29) is 12.4 Å². The fourth-order valence-corrected chi connectivity index (χ4v) is 3.99. The van der Waals surface area contributed by atoms with E-state index in [0.29, 0.717) is 24.3 Å². The van der Waals surface area contributed by atoms with Crippen molar-refractivity contribution in [2.45, 2.75) is 12.5 Å². The number of β-amino-alcohol motifs (C(OH)–C–C–N with tert-alkyl or cyclic N) is 1. The summed E-state index contributed by atoms with van der Waals surface area (Å²) in [6.45, 7) is 4.58. The van der Waals surface area contributed by atoms with Gasteiger partial charge in [0.1, 0.15) is 18.5 Å². The molecule has 5 heteroatoms. The van der Waals surface area contributed by atoms with Crippen molar-refractivity contribution in [2.75, 3.05) is 44.2 Å². The molecular weight excluding hydrogens is 400 g/mol. The first-order chi connectivity index (χ1) is 15.7. The van der Waals surface area contributed by atoms with E-state index in [0.717, 1.165) is 31.7 Å². The molecule has 0 spiro atoms. The van der Waals surface area contributed by atoms with Gasteiger partial charge in [-0.15, -0.1) is 0 Å². The lowest BCUT2D eigenvalue weighted by Gasteiger charge is -2.36. The predicted molar refractivity (Wildman–Crippen MR) is 128 cm³/mol. The lowest BCUT2D eigenvalue weighted by Crippen LogP contribution is -2.49. The number of anilines is 1. The second-order valence-corrected chi connectivity index (χ2v) is 8.20. The molecule has 3 aromatic rings. The normalized spacial score (nSPS) is 15.3. The van der Waals surface area contributed by atoms with Crippen molar-refractivity contribution >= 4 is 11.5 Å². The number of carbonyl (C=O) groups is 1. The van der Waals surface area contributed by atoms with E-state index in [1.807, 2.05) is 36.4 Å². The first-order valence-electron chi connectivity index (χ1n) is 11.2. The van der Waals surface area contributed by atoms with Gasteiger partial charge in [-0.1, -0.05) is 48.5 Å². The summed E-state index contributed by atoms with van der Waals surface area (Å²) in [7, 11) is 0. The van der Waals surface area contributed by atoms with Gasteiger partial charge in [0.25, 0.3) is 0 Å². The molecule has 32 heavy (non-hydrogen) atoms. The van der Waals surface area contributed by atoms with Crippen LogP contribution in [0.15, 0.2) is 84.9 Å². The van der Waals surface area contributed by atoms with Crippen molar-refractivity contribution in [3.8, 4) is 5.75 Å². The number of ketones is 1. The van der Waals surface area contributed by atoms with Crippen molar-refractivity contribution in [1.82, 2.24) is 4.90 Å². The van der Waals surface area contributed by atoms with E-state index < -0.39 is 6.10 Å². The number of aliphatic hydroxyl groups is 1. The average Bonchev–Trinajstić information content (AvgIpc) is 2.85. The highest BCUT2D eigenvalue weighted by molar-refractivity contribution is 5.97. The van der Waals surface area contributed by atoms with Crippen molar-refractivity contribution in [1.29, 1.82) is 0 Å². The first kappa shape index (κ1) is 22.1. The molecule has 0 saturated carbocycles. The van der Waals surface area contributed by atoms with Gasteiger partial charge in [0.15, 0.2) is 5.78 Å². The number of hydrogen-bond donors (Lipinski definition) is 1. The molecule has 4 rings (SSSR count). The Labute approximate surface area is 189 Å². The van der Waals surface area contributed by atoms with Gasteiger partial charge in [0.05, 0.1) is 0 Å². The summed E-state index contributed by atoms with van der Waals surface area (Å²) < 4.78 is 5.75. The minimum absolute atomic E-state index is 0.0810. The Kier molecular flexibility index (Phi) is 7.54. The number of piperazine rings is 1. The van der Waals surface area contributed by atoms with Crippen molar-refractivity contribution in [3.05, 3.63) is 96.1 Å². The monoisotopic (exact) mass is 430 g/mol. The summed E-state index contributed by atoms with van der Waals surface area (Å²) in [5.41, 5.74) is 2.92. The standard InChI is InChI=1S/C27H30N2O3/c30-25(20-28-15-17-29(18-16-28)24-9-5-2-6-10-24)21-32-26-13-11-23(12-14-26)27(31)19-22-7-3-1-4-8-22/h1-14,25,30H,15-21H2/t25-/m0/s1. The summed E-state index contributed by atoms with van der Waals surface area (Å²) in [4.78, 5) is 17.1. The van der Waals surface area contributed by atoms with E-state index in [2.05, 4.69) is 34.1 Å². The topological polar surface area (TPSA) is 53.0 Å². The quantitative estimate of drug-likeness (QED) is 0.525. The molecule has 5 nitrogen and oxygen atoms in total. The van der Waals surface area contributed by atoms with Gasteiger partial charge in [-0.25, -0.2) is 0 Å². The average molecular weight is 431 g/mol. The molecule has 0 unspecified atom stereocenters. The number of aliphatic hydroxyl groups excluding tert-OH is 1. The zero-order valence-corrected chi connectivity index (χ0v) is 18.3. The van der Waals surface area contributed by atoms with Crippen LogP contribution in [0.2, 0.25) is 0 Å². The molecule has 3 aromatic carbocycles. The maximum atomic E-state index is 12.4. The third-order valence-electron chi connectivity index (χ3n) is 5.79. The number of para-hydroxylation sites is 1. The van der Waals surface area contributed by atoms with E-state index in [1.165, 1.54) is 5.69 Å². The fraction of sp³-hybridized carbons (Fsp3) is 0.296. The van der Waals surface area contributed by atoms with Gasteiger partial charge in [0, 0.05) is 50.4 Å². The highest BCUT2D eigenvalue weighted by Crippen LogP contribution is 2.17. The minimum Gasteiger partial charge on any atom is -0.491 e. The second kappa shape index (κ2) is 10.9. The van der Waals surface area contributed by atoms with Crippen LogP contribution in [0.25, 0.3) is 0 Å². The Morgan fingerprint density at radius 2 is 1.47 bits per heavy atom. The summed E-state index contributed by atoms with van der Waals surface area (Å²) in [5, 5.41) is 10.4. The first-order valence-corrected chi connectivity index (χ1v) is 11.2. The molecule has 0 bridgehead atoms. The number of ether oxygens (including phenoxy) is 1. The van der Waals surface area contributed by atoms with Crippen LogP contribution in [0, 0.1) is 0 Å². The molecule has 1 N–H and O–H groups in total. The lowest BCUT2D eigenvalue weighted by atomic mass is 10.0. The zero-order valence-electron chi connectivity index (χ0n) is 18.3. The summed E-state index contributed by atoms with van der Waals surface area (Å²) >= 11 is 0. The van der Waals surface area contributed by atoms with Crippen molar-refractivity contribution < 1.29 is 14.6 Å². The van der Waals surface area contributed by atoms with Crippen LogP contribution >= 0.6 is 0 Å². The summed E-state index contributed by atoms with van der Waals surface area (Å²) in [5.74, 6) is 0.742. The van der Waals surface area contributed by atoms with Crippen LogP contribution in [0.1, 0.15) is 15.9 Å². The van der Waals surface area contributed by atoms with Crippen molar-refractivity contribution in [2.24, 2.45) is 0 Å². The molecule has 1 saturated heterocycles. The van der Waals surface area contributed by atoms with Crippen LogP contribution in [-0.2, 0) is 6.42 Å². The van der Waals surface area contributed by atoms with Gasteiger partial charge in [-0.2, -0.15) is 0 Å². The highest BCUT2D eigenvalue weighted by atomic mass is 16.5. The Bertz CT molecular complexity index is 969. The van der Waals surface area contributed by atoms with E-state index >= 15 is 0 Å². The van der Waals surface area contributed by atoms with E-state index in [1.54, 1.807) is 24.3 Å². The molecule has 1 atom stereocenters. The summed E-state index contributed by atoms with van der Waals surface area (Å²) in [6.07, 6.45) is -0.172. The predicted octanol–water partition coefficient (Wildman–Crippen LogP) is 3.67. The molecule has 166 valence electrons. The van der Waals surface area contributed by atoms with Gasteiger partial charge in [-0.3, -0.25) is 9.69 Å². The molecule has 0 radical (unpaired) electrons. The zero-order chi connectivity index (χ0) is 22.2. The Hall–Kier alpha value is -3.15. The smallest absolute Gasteiger partial charge is 0.167 e. The Balaban J connectivity index is 1.19. The van der Waals surface area contributed by atoms with Crippen LogP contribution in [0.4, 0.5) is 5.69 Å². The van der Waals surface area contributed by atoms with Crippen LogP contribution in [0.5, 0.6) is 5.75 Å². The molecule has 0 amide bonds. The highest BCUT2D eigenvalue weighted by Gasteiger charge is 2.19. The number of benzene rings is 3. The van der Waals surface area contributed by atoms with Crippen LogP contribution < -0.4 is 9.64 Å². The second-order valence-electron chi connectivity index (χ2n) is 8.20. The largest absolute Gasteiger partial charge is 0.491 e.